The van der Waals surface area contributed by atoms with Crippen LogP contribution in [-0.4, -0.2) is 38.3 Å². The number of carbonyl (C=O) groups is 1. The number of para-hydroxylation sites is 1. The summed E-state index contributed by atoms with van der Waals surface area (Å²) in [7, 11) is 0. The summed E-state index contributed by atoms with van der Waals surface area (Å²) in [6.45, 7) is 9.30. The predicted molar refractivity (Wildman–Crippen MR) is 109 cm³/mol. The molecule has 0 aliphatic carbocycles. The third kappa shape index (κ3) is 5.01. The first kappa shape index (κ1) is 19.2. The maximum atomic E-state index is 12.5. The quantitative estimate of drug-likeness (QED) is 0.836. The highest BCUT2D eigenvalue weighted by atomic mass is 16.5. The van der Waals surface area contributed by atoms with Crippen molar-refractivity contribution in [2.24, 2.45) is 0 Å². The number of hydrogen-bond donors (Lipinski definition) is 1. The number of rotatable bonds is 6. The Kier molecular flexibility index (Phi) is 6.35. The molecule has 144 valence electrons. The van der Waals surface area contributed by atoms with Crippen molar-refractivity contribution >= 4 is 17.3 Å². The Bertz CT molecular complexity index is 752. The summed E-state index contributed by atoms with van der Waals surface area (Å²) in [5.74, 6) is 0.940. The van der Waals surface area contributed by atoms with Crippen molar-refractivity contribution in [2.75, 3.05) is 36.5 Å². The monoisotopic (exact) mass is 368 g/mol. The Morgan fingerprint density at radius 3 is 2.37 bits per heavy atom. The van der Waals surface area contributed by atoms with Crippen LogP contribution in [0.25, 0.3) is 0 Å². The predicted octanol–water partition coefficient (Wildman–Crippen LogP) is 4.05. The number of anilines is 2. The molecule has 0 aromatic heterocycles. The minimum Gasteiger partial charge on any atom is -0.481 e. The van der Waals surface area contributed by atoms with E-state index in [1.807, 2.05) is 48.5 Å². The zero-order chi connectivity index (χ0) is 19.2. The Hall–Kier alpha value is -2.53. The van der Waals surface area contributed by atoms with Crippen LogP contribution >= 0.6 is 0 Å². The summed E-state index contributed by atoms with van der Waals surface area (Å²) >= 11 is 0. The molecular formula is C22H28N2O3. The highest BCUT2D eigenvalue weighted by Gasteiger charge is 2.18. The summed E-state index contributed by atoms with van der Waals surface area (Å²) in [5.41, 5.74) is 3.02. The number of benzene rings is 2. The third-order valence-corrected chi connectivity index (χ3v) is 4.73. The molecule has 0 bridgehead atoms. The van der Waals surface area contributed by atoms with Gasteiger partial charge >= 0.3 is 0 Å². The van der Waals surface area contributed by atoms with Crippen molar-refractivity contribution in [1.29, 1.82) is 0 Å². The van der Waals surface area contributed by atoms with E-state index in [2.05, 4.69) is 24.1 Å². The molecule has 5 nitrogen and oxygen atoms in total. The molecule has 27 heavy (non-hydrogen) atoms. The van der Waals surface area contributed by atoms with Gasteiger partial charge in [-0.2, -0.15) is 0 Å². The second kappa shape index (κ2) is 8.91. The van der Waals surface area contributed by atoms with Crippen molar-refractivity contribution in [3.05, 3.63) is 54.1 Å². The average molecular weight is 368 g/mol. The van der Waals surface area contributed by atoms with Crippen LogP contribution in [0.5, 0.6) is 5.75 Å². The van der Waals surface area contributed by atoms with Gasteiger partial charge in [0.2, 0.25) is 0 Å². The molecule has 1 amide bonds. The molecule has 1 saturated heterocycles. The summed E-state index contributed by atoms with van der Waals surface area (Å²) < 4.78 is 11.3. The van der Waals surface area contributed by atoms with E-state index < -0.39 is 6.10 Å². The molecule has 0 unspecified atom stereocenters. The molecule has 1 aliphatic heterocycles. The van der Waals surface area contributed by atoms with E-state index in [1.165, 1.54) is 0 Å². The molecule has 2 aromatic rings. The van der Waals surface area contributed by atoms with Crippen LogP contribution in [0.4, 0.5) is 11.4 Å². The van der Waals surface area contributed by atoms with Gasteiger partial charge in [0.25, 0.3) is 5.91 Å². The summed E-state index contributed by atoms with van der Waals surface area (Å²) in [5, 5.41) is 2.93. The fraction of sp³-hybridized carbons (Fsp3) is 0.409. The SMILES string of the molecule is CC(C)c1ccccc1O[C@@H](C)C(=O)Nc1ccc(N2CCOCC2)cc1. The molecule has 3 rings (SSSR count). The molecule has 0 saturated carbocycles. The number of ether oxygens (including phenoxy) is 2. The standard InChI is InChI=1S/C22H28N2O3/c1-16(2)20-6-4-5-7-21(20)27-17(3)22(25)23-18-8-10-19(11-9-18)24-12-14-26-15-13-24/h4-11,16-17H,12-15H2,1-3H3,(H,23,25)/t17-/m0/s1. The van der Waals surface area contributed by atoms with Gasteiger partial charge in [-0.15, -0.1) is 0 Å². The highest BCUT2D eigenvalue weighted by molar-refractivity contribution is 5.94. The Balaban J connectivity index is 1.59. The fourth-order valence-electron chi connectivity index (χ4n) is 3.13. The maximum Gasteiger partial charge on any atom is 0.265 e. The van der Waals surface area contributed by atoms with Crippen LogP contribution in [0, 0.1) is 0 Å². The van der Waals surface area contributed by atoms with Gasteiger partial charge in [0.05, 0.1) is 13.2 Å². The van der Waals surface area contributed by atoms with Gasteiger partial charge < -0.3 is 19.7 Å². The van der Waals surface area contributed by atoms with Crippen LogP contribution in [0.3, 0.4) is 0 Å². The van der Waals surface area contributed by atoms with Gasteiger partial charge in [-0.1, -0.05) is 32.0 Å². The van der Waals surface area contributed by atoms with Crippen molar-refractivity contribution < 1.29 is 14.3 Å². The lowest BCUT2D eigenvalue weighted by molar-refractivity contribution is -0.122. The lowest BCUT2D eigenvalue weighted by Gasteiger charge is -2.29. The first-order valence-electron chi connectivity index (χ1n) is 9.54. The second-order valence-electron chi connectivity index (χ2n) is 7.09. The smallest absolute Gasteiger partial charge is 0.265 e. The van der Waals surface area contributed by atoms with Gasteiger partial charge in [0.15, 0.2) is 6.10 Å². The molecular weight excluding hydrogens is 340 g/mol. The first-order chi connectivity index (χ1) is 13.0. The summed E-state index contributed by atoms with van der Waals surface area (Å²) in [6, 6.07) is 15.8. The number of nitrogens with one attached hydrogen (secondary N) is 1. The largest absolute Gasteiger partial charge is 0.481 e. The zero-order valence-electron chi connectivity index (χ0n) is 16.3. The topological polar surface area (TPSA) is 50.8 Å². The minimum absolute atomic E-state index is 0.160. The number of morpholine rings is 1. The van der Waals surface area contributed by atoms with E-state index in [0.717, 1.165) is 49.0 Å². The molecule has 2 aromatic carbocycles. The minimum atomic E-state index is -0.580. The highest BCUT2D eigenvalue weighted by Crippen LogP contribution is 2.27. The van der Waals surface area contributed by atoms with Crippen molar-refractivity contribution in [3.63, 3.8) is 0 Å². The number of amides is 1. The first-order valence-corrected chi connectivity index (χ1v) is 9.54. The van der Waals surface area contributed by atoms with Crippen molar-refractivity contribution in [3.8, 4) is 5.75 Å². The van der Waals surface area contributed by atoms with Crippen LogP contribution in [-0.2, 0) is 9.53 Å². The lowest BCUT2D eigenvalue weighted by atomic mass is 10.0. The summed E-state index contributed by atoms with van der Waals surface area (Å²) in [6.07, 6.45) is -0.580. The lowest BCUT2D eigenvalue weighted by Crippen LogP contribution is -2.36. The Morgan fingerprint density at radius 2 is 1.70 bits per heavy atom. The Labute approximate surface area is 161 Å². The molecule has 1 heterocycles. The average Bonchev–Trinajstić information content (AvgIpc) is 2.69. The Morgan fingerprint density at radius 1 is 1.04 bits per heavy atom. The number of nitrogens with zero attached hydrogens (tertiary/aromatic N) is 1. The van der Waals surface area contributed by atoms with E-state index in [1.54, 1.807) is 6.92 Å². The van der Waals surface area contributed by atoms with E-state index in [0.29, 0.717) is 5.92 Å². The van der Waals surface area contributed by atoms with Crippen molar-refractivity contribution in [2.45, 2.75) is 32.8 Å². The van der Waals surface area contributed by atoms with Gasteiger partial charge in [-0.25, -0.2) is 0 Å². The molecule has 1 N–H and O–H groups in total. The third-order valence-electron chi connectivity index (χ3n) is 4.73. The van der Waals surface area contributed by atoms with Crippen LogP contribution < -0.4 is 15.0 Å². The molecule has 0 spiro atoms. The molecule has 5 heteroatoms. The van der Waals surface area contributed by atoms with Crippen LogP contribution in [0.1, 0.15) is 32.3 Å². The molecule has 0 radical (unpaired) electrons. The van der Waals surface area contributed by atoms with E-state index >= 15 is 0 Å². The molecule has 1 fully saturated rings. The number of carbonyl (C=O) groups excluding carboxylic acids is 1. The fourth-order valence-corrected chi connectivity index (χ4v) is 3.13. The zero-order valence-corrected chi connectivity index (χ0v) is 16.3. The summed E-state index contributed by atoms with van der Waals surface area (Å²) in [4.78, 5) is 14.8. The maximum absolute atomic E-state index is 12.5. The van der Waals surface area contributed by atoms with E-state index in [-0.39, 0.29) is 5.91 Å². The van der Waals surface area contributed by atoms with Crippen LogP contribution in [0.2, 0.25) is 0 Å². The van der Waals surface area contributed by atoms with Crippen molar-refractivity contribution in [1.82, 2.24) is 0 Å². The van der Waals surface area contributed by atoms with Gasteiger partial charge in [0.1, 0.15) is 5.75 Å². The number of hydrogen-bond acceptors (Lipinski definition) is 4. The van der Waals surface area contributed by atoms with Crippen LogP contribution in [0.15, 0.2) is 48.5 Å². The molecule has 1 atom stereocenters. The van der Waals surface area contributed by atoms with E-state index in [9.17, 15) is 4.79 Å². The van der Waals surface area contributed by atoms with Gasteiger partial charge in [0, 0.05) is 24.5 Å². The second-order valence-corrected chi connectivity index (χ2v) is 7.09. The van der Waals surface area contributed by atoms with E-state index in [4.69, 9.17) is 9.47 Å². The molecule has 1 aliphatic rings. The van der Waals surface area contributed by atoms with Gasteiger partial charge in [-0.3, -0.25) is 4.79 Å². The van der Waals surface area contributed by atoms with Gasteiger partial charge in [-0.05, 0) is 48.7 Å². The normalized spacial score (nSPS) is 15.5.